The Morgan fingerprint density at radius 1 is 1.00 bits per heavy atom. The van der Waals surface area contributed by atoms with Crippen molar-refractivity contribution < 1.29 is 5.11 Å². The van der Waals surface area contributed by atoms with E-state index in [-0.39, 0.29) is 18.5 Å². The summed E-state index contributed by atoms with van der Waals surface area (Å²) in [6, 6.07) is 1.75. The smallest absolute Gasteiger partial charge is 0.0577 e. The van der Waals surface area contributed by atoms with E-state index in [1.165, 1.54) is 51.5 Å². The van der Waals surface area contributed by atoms with Crippen molar-refractivity contribution in [3.8, 4) is 0 Å². The molecule has 0 aromatic heterocycles. The Bertz CT molecular complexity index is 722. The maximum absolute atomic E-state index is 10.3. The summed E-state index contributed by atoms with van der Waals surface area (Å²) in [6.45, 7) is 11.8. The van der Waals surface area contributed by atoms with Gasteiger partial charge in [0.2, 0.25) is 0 Å². The van der Waals surface area contributed by atoms with Crippen LogP contribution < -0.4 is 0 Å². The van der Waals surface area contributed by atoms with Gasteiger partial charge >= 0.3 is 0 Å². The van der Waals surface area contributed by atoms with E-state index in [9.17, 15) is 5.11 Å². The topological polar surface area (TPSA) is 23.5 Å². The van der Waals surface area contributed by atoms with Gasteiger partial charge < -0.3 is 5.11 Å². The lowest BCUT2D eigenvalue weighted by Crippen LogP contribution is -2.51. The fourth-order valence-electron chi connectivity index (χ4n) is 10.4. The van der Waals surface area contributed by atoms with Crippen molar-refractivity contribution in [3.05, 3.63) is 11.6 Å². The van der Waals surface area contributed by atoms with E-state index in [0.717, 1.165) is 60.4 Å². The van der Waals surface area contributed by atoms with Gasteiger partial charge in [-0.3, -0.25) is 4.90 Å². The molecule has 1 N–H and O–H groups in total. The lowest BCUT2D eigenvalue weighted by Gasteiger charge is -2.58. The molecule has 3 heteroatoms. The van der Waals surface area contributed by atoms with Crippen LogP contribution in [-0.2, 0) is 0 Å². The molecule has 0 radical (unpaired) electrons. The first kappa shape index (κ1) is 21.8. The highest BCUT2D eigenvalue weighted by Crippen LogP contribution is 2.69. The van der Waals surface area contributed by atoms with E-state index >= 15 is 0 Å². The normalized spacial score (nSPS) is 57.2. The number of hydrogen-bond donors (Lipinski definition) is 1. The van der Waals surface area contributed by atoms with Crippen LogP contribution in [-0.4, -0.2) is 34.7 Å². The van der Waals surface area contributed by atoms with Crippen LogP contribution in [0.2, 0.25) is 0 Å². The first-order chi connectivity index (χ1) is 13.8. The van der Waals surface area contributed by atoms with Crippen LogP contribution in [0.3, 0.4) is 0 Å². The van der Waals surface area contributed by atoms with Gasteiger partial charge in [0.15, 0.2) is 0 Å². The average molecular weight is 434 g/mol. The van der Waals surface area contributed by atoms with Gasteiger partial charge in [0, 0.05) is 18.6 Å². The largest absolute Gasteiger partial charge is 0.393 e. The minimum atomic E-state index is -0.0792. The zero-order valence-corrected chi connectivity index (χ0v) is 20.5. The van der Waals surface area contributed by atoms with Crippen molar-refractivity contribution in [1.82, 2.24) is 4.90 Å². The fourth-order valence-corrected chi connectivity index (χ4v) is 10.4. The monoisotopic (exact) mass is 433 g/mol. The number of hydrogen-bond acceptors (Lipinski definition) is 2. The molecular formula is C27H44ClNO. The van der Waals surface area contributed by atoms with Gasteiger partial charge in [-0.1, -0.05) is 39.3 Å². The van der Waals surface area contributed by atoms with Crippen LogP contribution in [0.25, 0.3) is 0 Å². The van der Waals surface area contributed by atoms with Crippen LogP contribution >= 0.6 is 12.4 Å². The minimum Gasteiger partial charge on any atom is -0.393 e. The van der Waals surface area contributed by atoms with Crippen LogP contribution in [0.1, 0.15) is 85.5 Å². The number of allylic oxidation sites excluding steroid dienone is 1. The number of nitrogens with zero attached hydrogens (tertiary/aromatic N) is 1. The maximum atomic E-state index is 10.3. The molecule has 0 amide bonds. The highest BCUT2D eigenvalue weighted by molar-refractivity contribution is 5.85. The molecule has 0 spiro atoms. The summed E-state index contributed by atoms with van der Waals surface area (Å²) in [6.07, 6.45) is 14.3. The third-order valence-electron chi connectivity index (χ3n) is 11.7. The molecule has 6 rings (SSSR count). The number of aliphatic hydroxyl groups excluding tert-OH is 1. The van der Waals surface area contributed by atoms with Crippen molar-refractivity contribution in [2.24, 2.45) is 46.3 Å². The van der Waals surface area contributed by atoms with E-state index < -0.39 is 0 Å². The van der Waals surface area contributed by atoms with Gasteiger partial charge in [0.1, 0.15) is 0 Å². The van der Waals surface area contributed by atoms with Crippen molar-refractivity contribution in [2.45, 2.75) is 104 Å². The summed E-state index contributed by atoms with van der Waals surface area (Å²) in [4.78, 5) is 3.02. The third kappa shape index (κ3) is 2.75. The summed E-state index contributed by atoms with van der Waals surface area (Å²) in [5.41, 5.74) is 2.58. The number of halogens is 1. The Labute approximate surface area is 190 Å². The molecule has 0 aromatic rings. The summed E-state index contributed by atoms with van der Waals surface area (Å²) in [7, 11) is 0. The Balaban J connectivity index is 0.00000193. The lowest BCUT2D eigenvalue weighted by molar-refractivity contribution is -0.0574. The molecule has 0 bridgehead atoms. The van der Waals surface area contributed by atoms with Crippen molar-refractivity contribution in [3.63, 3.8) is 0 Å². The lowest BCUT2D eigenvalue weighted by atomic mass is 9.47. The number of rotatable bonds is 0. The summed E-state index contributed by atoms with van der Waals surface area (Å²) < 4.78 is 0. The summed E-state index contributed by atoms with van der Waals surface area (Å²) >= 11 is 0. The second kappa shape index (κ2) is 7.22. The van der Waals surface area contributed by atoms with Gasteiger partial charge in [0.25, 0.3) is 0 Å². The fraction of sp³-hybridized carbons (Fsp3) is 0.926. The van der Waals surface area contributed by atoms with Crippen molar-refractivity contribution >= 4 is 12.4 Å². The van der Waals surface area contributed by atoms with Crippen LogP contribution in [0, 0.1) is 46.3 Å². The average Bonchev–Trinajstić information content (AvgIpc) is 3.15. The van der Waals surface area contributed by atoms with Gasteiger partial charge in [-0.15, -0.1) is 12.4 Å². The van der Waals surface area contributed by atoms with E-state index in [0.29, 0.717) is 10.8 Å². The van der Waals surface area contributed by atoms with Crippen molar-refractivity contribution in [2.75, 3.05) is 6.54 Å². The quantitative estimate of drug-likeness (QED) is 0.468. The predicted octanol–water partition coefficient (Wildman–Crippen LogP) is 6.08. The Kier molecular flexibility index (Phi) is 5.24. The molecule has 2 saturated heterocycles. The molecule has 4 aliphatic carbocycles. The Hall–Kier alpha value is -0.0500. The standard InChI is InChI=1S/C27H43NO.ClH/c1-16-5-8-23-17(2)25-24(28(23)15-16)14-22-20-7-6-18-13-19(29)9-11-26(18,3)21(20)10-12-27(22,25)4;/h6,16-17,19-25,29H,5,7-15H2,1-4H3;1H/t16-,17+,19-,20+,21-,22-,23+,24-,25-,26-,27-;/m0./s1. The molecule has 30 heavy (non-hydrogen) atoms. The second-order valence-electron chi connectivity index (χ2n) is 12.8. The molecule has 2 heterocycles. The molecule has 2 aliphatic heterocycles. The first-order valence-electron chi connectivity index (χ1n) is 13.0. The molecule has 0 aromatic carbocycles. The summed E-state index contributed by atoms with van der Waals surface area (Å²) in [5, 5.41) is 10.3. The maximum Gasteiger partial charge on any atom is 0.0577 e. The van der Waals surface area contributed by atoms with E-state index in [2.05, 4.69) is 38.7 Å². The van der Waals surface area contributed by atoms with Gasteiger partial charge in [0.05, 0.1) is 6.10 Å². The number of aliphatic hydroxyl groups is 1. The van der Waals surface area contributed by atoms with Crippen LogP contribution in [0.5, 0.6) is 0 Å². The second-order valence-corrected chi connectivity index (χ2v) is 12.8. The summed E-state index contributed by atoms with van der Waals surface area (Å²) in [5.74, 6) is 5.44. The molecule has 2 nitrogen and oxygen atoms in total. The van der Waals surface area contributed by atoms with Crippen molar-refractivity contribution in [1.29, 1.82) is 0 Å². The molecule has 6 aliphatic rings. The zero-order chi connectivity index (χ0) is 20.1. The molecule has 11 atom stereocenters. The minimum absolute atomic E-state index is 0. The molecular weight excluding hydrogens is 390 g/mol. The van der Waals surface area contributed by atoms with Crippen LogP contribution in [0.15, 0.2) is 11.6 Å². The molecule has 3 saturated carbocycles. The van der Waals surface area contributed by atoms with E-state index in [4.69, 9.17) is 0 Å². The van der Waals surface area contributed by atoms with Crippen LogP contribution in [0.4, 0.5) is 0 Å². The van der Waals surface area contributed by atoms with Gasteiger partial charge in [-0.25, -0.2) is 0 Å². The number of piperidine rings is 1. The molecule has 5 fully saturated rings. The van der Waals surface area contributed by atoms with Gasteiger partial charge in [-0.2, -0.15) is 0 Å². The first-order valence-corrected chi connectivity index (χ1v) is 13.0. The van der Waals surface area contributed by atoms with E-state index in [1.54, 1.807) is 5.57 Å². The Morgan fingerprint density at radius 3 is 2.60 bits per heavy atom. The van der Waals surface area contributed by atoms with Gasteiger partial charge in [-0.05, 0) is 104 Å². The zero-order valence-electron chi connectivity index (χ0n) is 19.6. The molecule has 170 valence electrons. The highest BCUT2D eigenvalue weighted by Gasteiger charge is 2.66. The predicted molar refractivity (Wildman–Crippen MR) is 126 cm³/mol. The SMILES string of the molecule is C[C@H]1CC[C@@H]2[C@@H](C)[C@H]3[C@H](C[C@H]4[C@@H]5CC=C6C[C@@H](O)CC[C@]6(C)[C@H]5CC[C@]34C)N2C1.Cl. The Morgan fingerprint density at radius 2 is 1.80 bits per heavy atom. The number of fused-ring (bicyclic) bond motifs is 9. The highest BCUT2D eigenvalue weighted by atomic mass is 35.5. The third-order valence-corrected chi connectivity index (χ3v) is 11.7. The van der Waals surface area contributed by atoms with E-state index in [1.807, 2.05) is 0 Å². The molecule has 0 unspecified atom stereocenters.